The molecular weight excluding hydrogens is 316 g/mol. The number of nitro groups is 1. The van der Waals surface area contributed by atoms with Crippen molar-refractivity contribution in [2.24, 2.45) is 0 Å². The normalized spacial score (nSPS) is 11.8. The number of amides is 1. The van der Waals surface area contributed by atoms with E-state index in [0.717, 1.165) is 5.56 Å². The summed E-state index contributed by atoms with van der Waals surface area (Å²) in [4.78, 5) is 24.9. The fourth-order valence-electron chi connectivity index (χ4n) is 2.32. The van der Waals surface area contributed by atoms with Crippen molar-refractivity contribution in [2.45, 2.75) is 19.4 Å². The summed E-state index contributed by atoms with van der Waals surface area (Å²) >= 11 is 1.60. The Bertz CT molecular complexity index is 700. The zero-order chi connectivity index (χ0) is 17.0. The Morgan fingerprint density at radius 2 is 2.17 bits per heavy atom. The molecular formula is C16H18N2O4S. The predicted octanol–water partition coefficient (Wildman–Crippen LogP) is 3.37. The van der Waals surface area contributed by atoms with Crippen molar-refractivity contribution in [1.29, 1.82) is 0 Å². The maximum absolute atomic E-state index is 12.7. The number of nitro benzene ring substituents is 1. The maximum atomic E-state index is 12.7. The smallest absolute Gasteiger partial charge is 0.323 e. The molecule has 0 radical (unpaired) electrons. The lowest BCUT2D eigenvalue weighted by atomic mass is 10.1. The third-order valence-electron chi connectivity index (χ3n) is 3.72. The molecule has 0 N–H and O–H groups in total. The van der Waals surface area contributed by atoms with Crippen molar-refractivity contribution >= 4 is 22.9 Å². The van der Waals surface area contributed by atoms with Gasteiger partial charge < -0.3 is 9.64 Å². The van der Waals surface area contributed by atoms with Crippen LogP contribution in [0.15, 0.2) is 35.0 Å². The van der Waals surface area contributed by atoms with Gasteiger partial charge in [-0.25, -0.2) is 0 Å². The lowest BCUT2D eigenvalue weighted by molar-refractivity contribution is -0.386. The van der Waals surface area contributed by atoms with Crippen LogP contribution in [0.2, 0.25) is 0 Å². The highest BCUT2D eigenvalue weighted by Gasteiger charge is 2.28. The standard InChI is InChI=1S/C16H18N2O4S/c1-11(9-12-7-8-23-10-12)17(2)16(19)13-5-4-6-14(22-3)15(13)18(20)21/h4-8,10-11H,9H2,1-3H3/t11-/m1/s1. The van der Waals surface area contributed by atoms with Crippen molar-refractivity contribution in [3.05, 3.63) is 56.3 Å². The van der Waals surface area contributed by atoms with Gasteiger partial charge in [-0.3, -0.25) is 14.9 Å². The molecule has 1 aromatic heterocycles. The van der Waals surface area contributed by atoms with Gasteiger partial charge in [0.15, 0.2) is 5.75 Å². The molecule has 0 saturated carbocycles. The zero-order valence-corrected chi connectivity index (χ0v) is 14.0. The number of benzene rings is 1. The summed E-state index contributed by atoms with van der Waals surface area (Å²) in [6.45, 7) is 1.92. The third-order valence-corrected chi connectivity index (χ3v) is 4.46. The van der Waals surface area contributed by atoms with E-state index in [1.165, 1.54) is 24.1 Å². The zero-order valence-electron chi connectivity index (χ0n) is 13.2. The number of rotatable bonds is 6. The van der Waals surface area contributed by atoms with Gasteiger partial charge in [0.05, 0.1) is 12.0 Å². The minimum absolute atomic E-state index is 0.0361. The van der Waals surface area contributed by atoms with Gasteiger partial charge in [-0.1, -0.05) is 6.07 Å². The monoisotopic (exact) mass is 334 g/mol. The van der Waals surface area contributed by atoms with Gasteiger partial charge in [0.25, 0.3) is 5.91 Å². The first-order chi connectivity index (χ1) is 11.0. The van der Waals surface area contributed by atoms with E-state index in [1.54, 1.807) is 24.5 Å². The second kappa shape index (κ2) is 7.23. The van der Waals surface area contributed by atoms with Crippen molar-refractivity contribution in [3.8, 4) is 5.75 Å². The molecule has 0 spiro atoms. The number of carbonyl (C=O) groups excluding carboxylic acids is 1. The van der Waals surface area contributed by atoms with Crippen molar-refractivity contribution in [2.75, 3.05) is 14.2 Å². The molecule has 0 aliphatic heterocycles. The summed E-state index contributed by atoms with van der Waals surface area (Å²) in [6.07, 6.45) is 0.698. The summed E-state index contributed by atoms with van der Waals surface area (Å²) in [5.74, 6) is -0.307. The molecule has 0 aliphatic carbocycles. The van der Waals surface area contributed by atoms with E-state index in [0.29, 0.717) is 6.42 Å². The molecule has 0 bridgehead atoms. The first-order valence-electron chi connectivity index (χ1n) is 7.05. The van der Waals surface area contributed by atoms with E-state index in [2.05, 4.69) is 0 Å². The maximum Gasteiger partial charge on any atom is 0.323 e. The Morgan fingerprint density at radius 3 is 2.74 bits per heavy atom. The van der Waals surface area contributed by atoms with Crippen LogP contribution in [0.25, 0.3) is 0 Å². The van der Waals surface area contributed by atoms with E-state index in [9.17, 15) is 14.9 Å². The summed E-state index contributed by atoms with van der Waals surface area (Å²) < 4.78 is 5.01. The summed E-state index contributed by atoms with van der Waals surface area (Å²) in [5, 5.41) is 15.3. The molecule has 0 unspecified atom stereocenters. The van der Waals surface area contributed by atoms with Crippen LogP contribution in [0, 0.1) is 10.1 Å². The van der Waals surface area contributed by atoms with Crippen LogP contribution in [-0.4, -0.2) is 35.9 Å². The molecule has 2 rings (SSSR count). The molecule has 6 nitrogen and oxygen atoms in total. The lowest BCUT2D eigenvalue weighted by Gasteiger charge is -2.25. The van der Waals surface area contributed by atoms with Crippen molar-refractivity contribution in [1.82, 2.24) is 4.90 Å². The number of hydrogen-bond acceptors (Lipinski definition) is 5. The average Bonchev–Trinajstić information content (AvgIpc) is 3.05. The number of thiophene rings is 1. The molecule has 23 heavy (non-hydrogen) atoms. The predicted molar refractivity (Wildman–Crippen MR) is 89.2 cm³/mol. The molecule has 1 aromatic carbocycles. The van der Waals surface area contributed by atoms with Gasteiger partial charge in [-0.2, -0.15) is 11.3 Å². The van der Waals surface area contributed by atoms with Gasteiger partial charge in [-0.15, -0.1) is 0 Å². The number of ether oxygens (including phenoxy) is 1. The molecule has 0 aliphatic rings. The minimum Gasteiger partial charge on any atom is -0.490 e. The van der Waals surface area contributed by atoms with Crippen molar-refractivity contribution in [3.63, 3.8) is 0 Å². The second-order valence-corrected chi connectivity index (χ2v) is 5.99. The molecule has 2 aromatic rings. The highest BCUT2D eigenvalue weighted by molar-refractivity contribution is 7.07. The topological polar surface area (TPSA) is 72.7 Å². The van der Waals surface area contributed by atoms with E-state index < -0.39 is 10.8 Å². The highest BCUT2D eigenvalue weighted by atomic mass is 32.1. The highest BCUT2D eigenvalue weighted by Crippen LogP contribution is 2.31. The quantitative estimate of drug-likeness (QED) is 0.600. The van der Waals surface area contributed by atoms with Crippen LogP contribution in [0.1, 0.15) is 22.8 Å². The molecule has 1 heterocycles. The lowest BCUT2D eigenvalue weighted by Crippen LogP contribution is -2.36. The number of para-hydroxylation sites is 1. The number of hydrogen-bond donors (Lipinski definition) is 0. The molecule has 7 heteroatoms. The van der Waals surface area contributed by atoms with Crippen LogP contribution in [0.5, 0.6) is 5.75 Å². The second-order valence-electron chi connectivity index (χ2n) is 5.21. The number of nitrogens with zero attached hydrogens (tertiary/aromatic N) is 2. The number of methoxy groups -OCH3 is 1. The SMILES string of the molecule is COc1cccc(C(=O)N(C)[C@H](C)Cc2ccsc2)c1[N+](=O)[O-]. The number of likely N-dealkylation sites (N-methyl/N-ethyl adjacent to an activating group) is 1. The Kier molecular flexibility index (Phi) is 5.33. The molecule has 0 saturated heterocycles. The van der Waals surface area contributed by atoms with Gasteiger partial charge >= 0.3 is 5.69 Å². The largest absolute Gasteiger partial charge is 0.490 e. The van der Waals surface area contributed by atoms with Gasteiger partial charge in [0.2, 0.25) is 0 Å². The first-order valence-corrected chi connectivity index (χ1v) is 7.99. The molecule has 122 valence electrons. The molecule has 1 amide bonds. The Labute approximate surface area is 138 Å². The van der Waals surface area contributed by atoms with Crippen molar-refractivity contribution < 1.29 is 14.5 Å². The summed E-state index contributed by atoms with van der Waals surface area (Å²) in [6, 6.07) is 6.44. The molecule has 0 fully saturated rings. The summed E-state index contributed by atoms with van der Waals surface area (Å²) in [7, 11) is 3.00. The fourth-order valence-corrected chi connectivity index (χ4v) is 3.01. The first kappa shape index (κ1) is 17.0. The van der Waals surface area contributed by atoms with E-state index in [4.69, 9.17) is 4.74 Å². The van der Waals surface area contributed by atoms with Crippen LogP contribution in [-0.2, 0) is 6.42 Å². The minimum atomic E-state index is -0.580. The van der Waals surface area contributed by atoms with Crippen LogP contribution < -0.4 is 4.74 Å². The van der Waals surface area contributed by atoms with Crippen LogP contribution >= 0.6 is 11.3 Å². The van der Waals surface area contributed by atoms with Crippen LogP contribution in [0.3, 0.4) is 0 Å². The van der Waals surface area contributed by atoms with E-state index in [1.807, 2.05) is 23.8 Å². The third kappa shape index (κ3) is 3.68. The van der Waals surface area contributed by atoms with E-state index in [-0.39, 0.29) is 23.0 Å². The summed E-state index contributed by atoms with van der Waals surface area (Å²) in [5.41, 5.74) is 0.880. The van der Waals surface area contributed by atoms with E-state index >= 15 is 0 Å². The average molecular weight is 334 g/mol. The molecule has 1 atom stereocenters. The van der Waals surface area contributed by atoms with Crippen LogP contribution in [0.4, 0.5) is 5.69 Å². The van der Waals surface area contributed by atoms with Gasteiger partial charge in [0, 0.05) is 13.1 Å². The Balaban J connectivity index is 2.27. The van der Waals surface area contributed by atoms with Gasteiger partial charge in [-0.05, 0) is 47.9 Å². The Hall–Kier alpha value is -2.41. The Morgan fingerprint density at radius 1 is 1.43 bits per heavy atom. The fraction of sp³-hybridized carbons (Fsp3) is 0.312. The number of carbonyl (C=O) groups is 1. The van der Waals surface area contributed by atoms with Gasteiger partial charge in [0.1, 0.15) is 5.56 Å².